The lowest BCUT2D eigenvalue weighted by Gasteiger charge is -2.23. The normalized spacial score (nSPS) is 12.2. The second-order valence-corrected chi connectivity index (χ2v) is 6.57. The van der Waals surface area contributed by atoms with Crippen molar-refractivity contribution in [3.05, 3.63) is 60.2 Å². The molecule has 0 unspecified atom stereocenters. The number of rotatable bonds is 8. The van der Waals surface area contributed by atoms with Gasteiger partial charge in [-0.1, -0.05) is 43.7 Å². The smallest absolute Gasteiger partial charge is 0.406 e. The standard InChI is InChI=1S/C21H23F3N2O3/c1-3-7-18(15-8-5-4-6-9-15)20(28)26(2)14-19(27)25-16-10-12-17(13-11-16)29-21(22,23)24/h4-6,8-13,18H,3,7,14H2,1-2H3,(H,25,27)/t18-/m1/s1. The first kappa shape index (κ1) is 22.3. The number of hydrogen-bond donors (Lipinski definition) is 1. The van der Waals surface area contributed by atoms with Crippen molar-refractivity contribution >= 4 is 17.5 Å². The highest BCUT2D eigenvalue weighted by Crippen LogP contribution is 2.25. The second kappa shape index (κ2) is 9.95. The summed E-state index contributed by atoms with van der Waals surface area (Å²) in [4.78, 5) is 26.4. The van der Waals surface area contributed by atoms with E-state index in [1.165, 1.54) is 17.0 Å². The van der Waals surface area contributed by atoms with Gasteiger partial charge in [0.1, 0.15) is 5.75 Å². The molecule has 5 nitrogen and oxygen atoms in total. The molecule has 1 atom stereocenters. The zero-order valence-electron chi connectivity index (χ0n) is 16.2. The van der Waals surface area contributed by atoms with Crippen LogP contribution in [0.3, 0.4) is 0 Å². The molecule has 0 saturated carbocycles. The Morgan fingerprint density at radius 3 is 2.24 bits per heavy atom. The van der Waals surface area contributed by atoms with Crippen molar-refractivity contribution in [2.75, 3.05) is 18.9 Å². The quantitative estimate of drug-likeness (QED) is 0.696. The first-order valence-electron chi connectivity index (χ1n) is 9.15. The molecule has 156 valence electrons. The number of carbonyl (C=O) groups excluding carboxylic acids is 2. The average Bonchev–Trinajstić information content (AvgIpc) is 2.66. The van der Waals surface area contributed by atoms with Gasteiger partial charge in [0.15, 0.2) is 0 Å². The molecule has 0 fully saturated rings. The van der Waals surface area contributed by atoms with Crippen LogP contribution in [0.4, 0.5) is 18.9 Å². The van der Waals surface area contributed by atoms with E-state index in [2.05, 4.69) is 10.1 Å². The van der Waals surface area contributed by atoms with E-state index in [9.17, 15) is 22.8 Å². The number of carbonyl (C=O) groups is 2. The second-order valence-electron chi connectivity index (χ2n) is 6.57. The van der Waals surface area contributed by atoms with Gasteiger partial charge in [-0.15, -0.1) is 13.2 Å². The topological polar surface area (TPSA) is 58.6 Å². The van der Waals surface area contributed by atoms with Gasteiger partial charge in [-0.25, -0.2) is 0 Å². The van der Waals surface area contributed by atoms with Gasteiger partial charge in [-0.05, 0) is 36.2 Å². The third kappa shape index (κ3) is 7.14. The van der Waals surface area contributed by atoms with Gasteiger partial charge in [0, 0.05) is 12.7 Å². The summed E-state index contributed by atoms with van der Waals surface area (Å²) in [6.07, 6.45) is -3.30. The van der Waals surface area contributed by atoms with Gasteiger partial charge in [0.25, 0.3) is 0 Å². The molecule has 0 saturated heterocycles. The Balaban J connectivity index is 1.96. The summed E-state index contributed by atoms with van der Waals surface area (Å²) in [5.74, 6) is -1.33. The number of anilines is 1. The maximum atomic E-state index is 12.8. The number of nitrogens with zero attached hydrogens (tertiary/aromatic N) is 1. The summed E-state index contributed by atoms with van der Waals surface area (Å²) in [6, 6.07) is 14.2. The van der Waals surface area contributed by atoms with Crippen LogP contribution in [0.2, 0.25) is 0 Å². The molecule has 0 bridgehead atoms. The van der Waals surface area contributed by atoms with Gasteiger partial charge in [0.2, 0.25) is 11.8 Å². The van der Waals surface area contributed by atoms with Crippen molar-refractivity contribution < 1.29 is 27.5 Å². The molecule has 2 aromatic rings. The maximum Gasteiger partial charge on any atom is 0.573 e. The molecule has 2 amide bonds. The summed E-state index contributed by atoms with van der Waals surface area (Å²) in [5.41, 5.74) is 1.20. The summed E-state index contributed by atoms with van der Waals surface area (Å²) < 4.78 is 40.3. The Labute approximate surface area is 167 Å². The van der Waals surface area contributed by atoms with Gasteiger partial charge in [0.05, 0.1) is 12.5 Å². The van der Waals surface area contributed by atoms with Gasteiger partial charge >= 0.3 is 6.36 Å². The third-order valence-electron chi connectivity index (χ3n) is 4.21. The van der Waals surface area contributed by atoms with Crippen molar-refractivity contribution in [1.29, 1.82) is 0 Å². The van der Waals surface area contributed by atoms with Crippen LogP contribution < -0.4 is 10.1 Å². The lowest BCUT2D eigenvalue weighted by atomic mass is 9.93. The largest absolute Gasteiger partial charge is 0.573 e. The molecular formula is C21H23F3N2O3. The van der Waals surface area contributed by atoms with Gasteiger partial charge in [-0.3, -0.25) is 9.59 Å². The Kier molecular flexibility index (Phi) is 7.64. The van der Waals surface area contributed by atoms with Crippen molar-refractivity contribution in [3.8, 4) is 5.75 Å². The number of likely N-dealkylation sites (N-methyl/N-ethyl adjacent to an activating group) is 1. The lowest BCUT2D eigenvalue weighted by molar-refractivity contribution is -0.274. The first-order valence-corrected chi connectivity index (χ1v) is 9.15. The Morgan fingerprint density at radius 1 is 1.07 bits per heavy atom. The third-order valence-corrected chi connectivity index (χ3v) is 4.21. The van der Waals surface area contributed by atoms with E-state index < -0.39 is 12.3 Å². The summed E-state index contributed by atoms with van der Waals surface area (Å²) in [6.45, 7) is 1.81. The van der Waals surface area contributed by atoms with Crippen LogP contribution in [0, 0.1) is 0 Å². The Morgan fingerprint density at radius 2 is 1.69 bits per heavy atom. The van der Waals surface area contributed by atoms with Crippen molar-refractivity contribution in [3.63, 3.8) is 0 Å². The molecule has 2 aromatic carbocycles. The molecule has 0 aliphatic heterocycles. The van der Waals surface area contributed by atoms with E-state index in [1.807, 2.05) is 37.3 Å². The van der Waals surface area contributed by atoms with Crippen LogP contribution in [-0.4, -0.2) is 36.7 Å². The van der Waals surface area contributed by atoms with Crippen molar-refractivity contribution in [1.82, 2.24) is 4.90 Å². The van der Waals surface area contributed by atoms with Crippen LogP contribution in [0.1, 0.15) is 31.2 Å². The zero-order chi connectivity index (χ0) is 21.4. The summed E-state index contributed by atoms with van der Waals surface area (Å²) in [5, 5.41) is 2.56. The van der Waals surface area contributed by atoms with E-state index in [0.29, 0.717) is 12.1 Å². The van der Waals surface area contributed by atoms with Crippen molar-refractivity contribution in [2.45, 2.75) is 32.0 Å². The predicted molar refractivity (Wildman–Crippen MR) is 103 cm³/mol. The van der Waals surface area contributed by atoms with E-state index in [4.69, 9.17) is 0 Å². The van der Waals surface area contributed by atoms with E-state index in [0.717, 1.165) is 24.1 Å². The number of benzene rings is 2. The Bertz CT molecular complexity index is 808. The van der Waals surface area contributed by atoms with Gasteiger partial charge in [-0.2, -0.15) is 0 Å². The van der Waals surface area contributed by atoms with E-state index in [-0.39, 0.29) is 24.1 Å². The number of hydrogen-bond acceptors (Lipinski definition) is 3. The minimum absolute atomic E-state index is 0.165. The minimum atomic E-state index is -4.78. The lowest BCUT2D eigenvalue weighted by Crippen LogP contribution is -2.37. The molecule has 29 heavy (non-hydrogen) atoms. The van der Waals surface area contributed by atoms with E-state index >= 15 is 0 Å². The molecule has 0 aliphatic rings. The molecule has 0 radical (unpaired) electrons. The number of amides is 2. The average molecular weight is 408 g/mol. The predicted octanol–water partition coefficient (Wildman–Crippen LogP) is 4.57. The number of nitrogens with one attached hydrogen (secondary N) is 1. The number of halogens is 3. The molecule has 8 heteroatoms. The van der Waals surface area contributed by atoms with Crippen LogP contribution in [0.5, 0.6) is 5.75 Å². The minimum Gasteiger partial charge on any atom is -0.406 e. The molecule has 0 aromatic heterocycles. The highest BCUT2D eigenvalue weighted by atomic mass is 19.4. The zero-order valence-corrected chi connectivity index (χ0v) is 16.2. The fourth-order valence-corrected chi connectivity index (χ4v) is 2.91. The van der Waals surface area contributed by atoms with Crippen LogP contribution in [0.15, 0.2) is 54.6 Å². The first-order chi connectivity index (χ1) is 13.7. The fraction of sp³-hybridized carbons (Fsp3) is 0.333. The number of ether oxygens (including phenoxy) is 1. The molecule has 0 heterocycles. The molecular weight excluding hydrogens is 385 g/mol. The van der Waals surface area contributed by atoms with Crippen LogP contribution in [0.25, 0.3) is 0 Å². The summed E-state index contributed by atoms with van der Waals surface area (Å²) >= 11 is 0. The van der Waals surface area contributed by atoms with E-state index in [1.54, 1.807) is 7.05 Å². The highest BCUT2D eigenvalue weighted by Gasteiger charge is 2.31. The number of alkyl halides is 3. The molecule has 1 N–H and O–H groups in total. The monoisotopic (exact) mass is 408 g/mol. The maximum absolute atomic E-state index is 12.8. The molecule has 2 rings (SSSR count). The fourth-order valence-electron chi connectivity index (χ4n) is 2.91. The Hall–Kier alpha value is -3.03. The molecule has 0 aliphatic carbocycles. The van der Waals surface area contributed by atoms with Crippen molar-refractivity contribution in [2.24, 2.45) is 0 Å². The SMILES string of the molecule is CCC[C@@H](C(=O)N(C)CC(=O)Nc1ccc(OC(F)(F)F)cc1)c1ccccc1. The summed E-state index contributed by atoms with van der Waals surface area (Å²) in [7, 11) is 1.55. The molecule has 0 spiro atoms. The highest BCUT2D eigenvalue weighted by molar-refractivity contribution is 5.95. The van der Waals surface area contributed by atoms with Crippen LogP contribution in [-0.2, 0) is 9.59 Å². The van der Waals surface area contributed by atoms with Crippen LogP contribution >= 0.6 is 0 Å². The van der Waals surface area contributed by atoms with Gasteiger partial charge < -0.3 is 15.0 Å².